The van der Waals surface area contributed by atoms with Crippen molar-refractivity contribution < 1.29 is 13.6 Å². The number of nitrogens with one attached hydrogen (secondary N) is 1. The topological polar surface area (TPSA) is 74.2 Å². The zero-order valence-electron chi connectivity index (χ0n) is 17.2. The van der Waals surface area contributed by atoms with E-state index in [4.69, 9.17) is 0 Å². The lowest BCUT2D eigenvalue weighted by atomic mass is 9.89. The van der Waals surface area contributed by atoms with Gasteiger partial charge in [-0.15, -0.1) is 0 Å². The minimum Gasteiger partial charge on any atom is -0.350 e. The molecule has 30 heavy (non-hydrogen) atoms. The van der Waals surface area contributed by atoms with Crippen molar-refractivity contribution in [3.05, 3.63) is 35.8 Å². The minimum atomic E-state index is -2.69. The smallest absolute Gasteiger partial charge is 0.266 e. The lowest BCUT2D eigenvalue weighted by molar-refractivity contribution is -0.129. The van der Waals surface area contributed by atoms with Crippen molar-refractivity contribution in [2.75, 3.05) is 36.4 Å². The average Bonchev–Trinajstić information content (AvgIpc) is 3.08. The summed E-state index contributed by atoms with van der Waals surface area (Å²) in [7, 11) is 0. The molecule has 1 amide bonds. The number of halogens is 2. The Hall–Kier alpha value is -2.84. The molecule has 2 aromatic heterocycles. The number of carbonyl (C=O) groups is 1. The van der Waals surface area contributed by atoms with Crippen molar-refractivity contribution in [2.24, 2.45) is 0 Å². The summed E-state index contributed by atoms with van der Waals surface area (Å²) in [6, 6.07) is 3.87. The lowest BCUT2D eigenvalue weighted by Gasteiger charge is -2.32. The summed E-state index contributed by atoms with van der Waals surface area (Å²) in [5.41, 5.74) is 1.81. The van der Waals surface area contributed by atoms with Crippen molar-refractivity contribution in [3.63, 3.8) is 0 Å². The lowest BCUT2D eigenvalue weighted by Crippen LogP contribution is -2.36. The van der Waals surface area contributed by atoms with Crippen LogP contribution in [0.4, 0.5) is 26.2 Å². The molecule has 0 unspecified atom stereocenters. The number of carbonyl (C=O) groups excluding carboxylic acids is 1. The first-order chi connectivity index (χ1) is 14.3. The highest BCUT2D eigenvalue weighted by Crippen LogP contribution is 2.35. The van der Waals surface area contributed by atoms with Crippen LogP contribution in [0.25, 0.3) is 0 Å². The quantitative estimate of drug-likeness (QED) is 0.823. The van der Waals surface area contributed by atoms with Crippen molar-refractivity contribution in [3.8, 4) is 0 Å². The van der Waals surface area contributed by atoms with Crippen LogP contribution in [0.2, 0.25) is 0 Å². The molecule has 0 saturated carbocycles. The molecule has 9 heteroatoms. The number of anilines is 3. The first-order valence-electron chi connectivity index (χ1n) is 10.2. The van der Waals surface area contributed by atoms with Crippen LogP contribution in [0.15, 0.2) is 24.5 Å². The molecule has 0 atom stereocenters. The standard InChI is InChI=1S/C21H26F2N6O/c1-14-11-24-12-19(25-14)26-18-9-17(16-3-6-28(7-4-16)15(2)30)10-20(27-18)29-8-5-21(22,23)13-29/h9-12,16H,3-8,13H2,1-2H3,(H,25,26,27). The first-order valence-corrected chi connectivity index (χ1v) is 10.2. The molecule has 4 rings (SSSR count). The number of piperidine rings is 1. The van der Waals surface area contributed by atoms with Gasteiger partial charge in [-0.3, -0.25) is 9.78 Å². The summed E-state index contributed by atoms with van der Waals surface area (Å²) >= 11 is 0. The molecule has 0 bridgehead atoms. The molecule has 7 nitrogen and oxygen atoms in total. The third-order valence-corrected chi connectivity index (χ3v) is 5.75. The number of rotatable bonds is 4. The van der Waals surface area contributed by atoms with Crippen molar-refractivity contribution >= 4 is 23.4 Å². The SMILES string of the molecule is CC(=O)N1CCC(c2cc(Nc3cncc(C)n3)nc(N3CCC(F)(F)C3)c2)CC1. The van der Waals surface area contributed by atoms with E-state index in [1.807, 2.05) is 24.0 Å². The van der Waals surface area contributed by atoms with Gasteiger partial charge in [0.1, 0.15) is 17.5 Å². The summed E-state index contributed by atoms with van der Waals surface area (Å²) < 4.78 is 27.6. The molecule has 0 aliphatic carbocycles. The van der Waals surface area contributed by atoms with Crippen LogP contribution in [-0.2, 0) is 4.79 Å². The van der Waals surface area contributed by atoms with Crippen LogP contribution in [0.3, 0.4) is 0 Å². The predicted octanol–water partition coefficient (Wildman–Crippen LogP) is 3.49. The molecular weight excluding hydrogens is 390 g/mol. The maximum absolute atomic E-state index is 13.8. The Labute approximate surface area is 174 Å². The summed E-state index contributed by atoms with van der Waals surface area (Å²) in [5, 5.41) is 3.17. The molecule has 2 aromatic rings. The van der Waals surface area contributed by atoms with Gasteiger partial charge in [0, 0.05) is 39.2 Å². The van der Waals surface area contributed by atoms with E-state index in [2.05, 4.69) is 20.3 Å². The Kier molecular flexibility index (Phi) is 5.53. The minimum absolute atomic E-state index is 0.0866. The second-order valence-corrected chi connectivity index (χ2v) is 8.12. The average molecular weight is 416 g/mol. The monoisotopic (exact) mass is 416 g/mol. The number of amides is 1. The van der Waals surface area contributed by atoms with Gasteiger partial charge in [-0.1, -0.05) is 0 Å². The Morgan fingerprint density at radius 3 is 2.53 bits per heavy atom. The highest BCUT2D eigenvalue weighted by atomic mass is 19.3. The van der Waals surface area contributed by atoms with E-state index in [1.54, 1.807) is 24.2 Å². The summed E-state index contributed by atoms with van der Waals surface area (Å²) in [5.74, 6) is -0.699. The number of likely N-dealkylation sites (tertiary alicyclic amines) is 1. The van der Waals surface area contributed by atoms with E-state index in [0.29, 0.717) is 30.5 Å². The number of alkyl halides is 2. The number of hydrogen-bond acceptors (Lipinski definition) is 6. The largest absolute Gasteiger partial charge is 0.350 e. The Morgan fingerprint density at radius 1 is 1.13 bits per heavy atom. The van der Waals surface area contributed by atoms with Gasteiger partial charge in [0.25, 0.3) is 5.92 Å². The van der Waals surface area contributed by atoms with E-state index in [9.17, 15) is 13.6 Å². The maximum atomic E-state index is 13.8. The summed E-state index contributed by atoms with van der Waals surface area (Å²) in [4.78, 5) is 28.2. The van der Waals surface area contributed by atoms with Gasteiger partial charge in [-0.25, -0.2) is 18.7 Å². The van der Waals surface area contributed by atoms with Crippen LogP contribution < -0.4 is 10.2 Å². The van der Waals surface area contributed by atoms with E-state index < -0.39 is 5.92 Å². The number of pyridine rings is 1. The number of aromatic nitrogens is 3. The fraction of sp³-hybridized carbons (Fsp3) is 0.524. The molecule has 0 radical (unpaired) electrons. The predicted molar refractivity (Wildman–Crippen MR) is 110 cm³/mol. The van der Waals surface area contributed by atoms with Gasteiger partial charge in [0.2, 0.25) is 5.91 Å². The van der Waals surface area contributed by atoms with Crippen LogP contribution >= 0.6 is 0 Å². The van der Waals surface area contributed by atoms with Crippen molar-refractivity contribution in [1.82, 2.24) is 19.9 Å². The molecule has 4 heterocycles. The molecule has 160 valence electrons. The second kappa shape index (κ2) is 8.12. The Bertz CT molecular complexity index is 929. The molecule has 1 N–H and O–H groups in total. The van der Waals surface area contributed by atoms with E-state index in [1.165, 1.54) is 0 Å². The van der Waals surface area contributed by atoms with Crippen molar-refractivity contribution in [2.45, 2.75) is 45.0 Å². The van der Waals surface area contributed by atoms with Crippen LogP contribution in [-0.4, -0.2) is 57.9 Å². The highest BCUT2D eigenvalue weighted by molar-refractivity contribution is 5.73. The van der Waals surface area contributed by atoms with Gasteiger partial charge in [0.05, 0.1) is 18.4 Å². The molecule has 0 spiro atoms. The van der Waals surface area contributed by atoms with E-state index >= 15 is 0 Å². The van der Waals surface area contributed by atoms with Crippen LogP contribution in [0.1, 0.15) is 43.4 Å². The molecule has 2 aliphatic rings. The summed E-state index contributed by atoms with van der Waals surface area (Å²) in [6.45, 7) is 4.79. The second-order valence-electron chi connectivity index (χ2n) is 8.12. The molecule has 2 fully saturated rings. The van der Waals surface area contributed by atoms with Gasteiger partial charge < -0.3 is 15.1 Å². The molecular formula is C21H26F2N6O. The van der Waals surface area contributed by atoms with Crippen molar-refractivity contribution in [1.29, 1.82) is 0 Å². The first kappa shape index (κ1) is 20.4. The number of nitrogens with zero attached hydrogens (tertiary/aromatic N) is 5. The van der Waals surface area contributed by atoms with Gasteiger partial charge in [-0.2, -0.15) is 0 Å². The normalized spacial score (nSPS) is 19.2. The highest BCUT2D eigenvalue weighted by Gasteiger charge is 2.39. The van der Waals surface area contributed by atoms with Gasteiger partial charge >= 0.3 is 0 Å². The van der Waals surface area contributed by atoms with Crippen LogP contribution in [0, 0.1) is 6.92 Å². The third kappa shape index (κ3) is 4.66. The van der Waals surface area contributed by atoms with Gasteiger partial charge in [-0.05, 0) is 43.4 Å². The maximum Gasteiger partial charge on any atom is 0.266 e. The molecule has 2 saturated heterocycles. The van der Waals surface area contributed by atoms with Gasteiger partial charge in [0.15, 0.2) is 0 Å². The molecule has 2 aliphatic heterocycles. The number of aryl methyl sites for hydroxylation is 1. The zero-order chi connectivity index (χ0) is 21.3. The Balaban J connectivity index is 1.62. The molecule has 0 aromatic carbocycles. The van der Waals surface area contributed by atoms with Crippen LogP contribution in [0.5, 0.6) is 0 Å². The fourth-order valence-electron chi connectivity index (χ4n) is 4.11. The van der Waals surface area contributed by atoms with E-state index in [-0.39, 0.29) is 31.3 Å². The zero-order valence-corrected chi connectivity index (χ0v) is 17.2. The Morgan fingerprint density at radius 2 is 1.90 bits per heavy atom. The number of hydrogen-bond donors (Lipinski definition) is 1. The third-order valence-electron chi connectivity index (χ3n) is 5.75. The summed E-state index contributed by atoms with van der Waals surface area (Å²) in [6.07, 6.45) is 4.78. The fourth-order valence-corrected chi connectivity index (χ4v) is 4.11. The van der Waals surface area contributed by atoms with E-state index in [0.717, 1.165) is 24.1 Å².